The summed E-state index contributed by atoms with van der Waals surface area (Å²) in [7, 11) is 0. The van der Waals surface area contributed by atoms with Crippen molar-refractivity contribution in [1.29, 1.82) is 0 Å². The van der Waals surface area contributed by atoms with Gasteiger partial charge in [-0.25, -0.2) is 0 Å². The fourth-order valence-electron chi connectivity index (χ4n) is 5.00. The Morgan fingerprint density at radius 1 is 1.32 bits per heavy atom. The third-order valence-corrected chi connectivity index (χ3v) is 6.34. The Morgan fingerprint density at radius 2 is 2.28 bits per heavy atom. The molecule has 0 bridgehead atoms. The molecule has 0 amide bonds. The van der Waals surface area contributed by atoms with Gasteiger partial charge in [0, 0.05) is 48.1 Å². The number of fused-ring (bicyclic) bond motifs is 2. The molecule has 1 N–H and O–H groups in total. The first-order valence-electron chi connectivity index (χ1n) is 9.44. The molecule has 5 heteroatoms. The SMILES string of the molecule is c1cc(N[C@@H]2[C@@H]3CCO[C@H]3C23CCC3)cc(OCCn2cccn2)c1. The van der Waals surface area contributed by atoms with Gasteiger partial charge in [-0.3, -0.25) is 4.68 Å². The summed E-state index contributed by atoms with van der Waals surface area (Å²) in [5, 5.41) is 8.01. The largest absolute Gasteiger partial charge is 0.492 e. The van der Waals surface area contributed by atoms with Gasteiger partial charge in [0.2, 0.25) is 0 Å². The molecule has 0 radical (unpaired) electrons. The standard InChI is InChI=1S/C20H25N3O2/c1-4-15(14-16(5-1)24-13-11-23-10-3-9-21-23)22-18-17-6-12-25-19(17)20(18)7-2-8-20/h1,3-5,9-10,14,17-19,22H,2,6-8,11-13H2/t17-,18+,19+/m0/s1. The summed E-state index contributed by atoms with van der Waals surface area (Å²) in [5.74, 6) is 1.60. The molecule has 5 rings (SSSR count). The second kappa shape index (κ2) is 6.06. The van der Waals surface area contributed by atoms with Crippen molar-refractivity contribution in [3.05, 3.63) is 42.7 Å². The molecule has 2 aromatic rings. The average molecular weight is 339 g/mol. The van der Waals surface area contributed by atoms with Crippen LogP contribution in [0.15, 0.2) is 42.7 Å². The summed E-state index contributed by atoms with van der Waals surface area (Å²) in [5.41, 5.74) is 1.57. The van der Waals surface area contributed by atoms with Crippen molar-refractivity contribution in [3.8, 4) is 5.75 Å². The van der Waals surface area contributed by atoms with E-state index in [-0.39, 0.29) is 0 Å². The lowest BCUT2D eigenvalue weighted by atomic mass is 9.46. The molecule has 25 heavy (non-hydrogen) atoms. The van der Waals surface area contributed by atoms with Gasteiger partial charge in [0.25, 0.3) is 0 Å². The minimum absolute atomic E-state index is 0.401. The molecule has 3 fully saturated rings. The van der Waals surface area contributed by atoms with Gasteiger partial charge in [-0.1, -0.05) is 12.5 Å². The van der Waals surface area contributed by atoms with Gasteiger partial charge in [-0.05, 0) is 37.5 Å². The summed E-state index contributed by atoms with van der Waals surface area (Å²) in [6.07, 6.45) is 9.42. The number of hydrogen-bond acceptors (Lipinski definition) is 4. The first kappa shape index (κ1) is 15.3. The minimum Gasteiger partial charge on any atom is -0.492 e. The molecule has 2 aliphatic carbocycles. The Morgan fingerprint density at radius 3 is 3.08 bits per heavy atom. The van der Waals surface area contributed by atoms with E-state index in [2.05, 4.69) is 28.6 Å². The molecule has 1 aliphatic heterocycles. The van der Waals surface area contributed by atoms with Crippen LogP contribution >= 0.6 is 0 Å². The summed E-state index contributed by atoms with van der Waals surface area (Å²) in [6, 6.07) is 10.9. The van der Waals surface area contributed by atoms with Crippen LogP contribution in [0.2, 0.25) is 0 Å². The van der Waals surface area contributed by atoms with Crippen LogP contribution in [-0.4, -0.2) is 35.1 Å². The molecule has 5 nitrogen and oxygen atoms in total. The van der Waals surface area contributed by atoms with E-state index in [0.717, 1.165) is 18.9 Å². The van der Waals surface area contributed by atoms with E-state index in [0.29, 0.717) is 30.1 Å². The lowest BCUT2D eigenvalue weighted by Gasteiger charge is -2.63. The highest BCUT2D eigenvalue weighted by Crippen LogP contribution is 2.63. The van der Waals surface area contributed by atoms with Gasteiger partial charge in [0.1, 0.15) is 12.4 Å². The van der Waals surface area contributed by atoms with Gasteiger partial charge in [-0.15, -0.1) is 0 Å². The van der Waals surface area contributed by atoms with Crippen LogP contribution in [0.25, 0.3) is 0 Å². The zero-order valence-corrected chi connectivity index (χ0v) is 14.4. The number of rotatable bonds is 6. The second-order valence-corrected chi connectivity index (χ2v) is 7.60. The molecule has 1 aromatic heterocycles. The van der Waals surface area contributed by atoms with E-state index in [1.807, 2.05) is 23.0 Å². The second-order valence-electron chi connectivity index (χ2n) is 7.60. The quantitative estimate of drug-likeness (QED) is 0.877. The number of aromatic nitrogens is 2. The first-order valence-corrected chi connectivity index (χ1v) is 9.44. The predicted molar refractivity (Wildman–Crippen MR) is 95.7 cm³/mol. The molecule has 1 aromatic carbocycles. The van der Waals surface area contributed by atoms with Crippen LogP contribution in [-0.2, 0) is 11.3 Å². The lowest BCUT2D eigenvalue weighted by molar-refractivity contribution is -0.158. The van der Waals surface area contributed by atoms with Crippen LogP contribution in [0.4, 0.5) is 5.69 Å². The molecule has 3 atom stereocenters. The minimum atomic E-state index is 0.401. The summed E-state index contributed by atoms with van der Waals surface area (Å²) in [6.45, 7) is 2.32. The van der Waals surface area contributed by atoms with Crippen LogP contribution in [0.5, 0.6) is 5.75 Å². The van der Waals surface area contributed by atoms with Crippen LogP contribution in [0.1, 0.15) is 25.7 Å². The van der Waals surface area contributed by atoms with Crippen molar-refractivity contribution < 1.29 is 9.47 Å². The highest BCUT2D eigenvalue weighted by molar-refractivity contribution is 5.50. The van der Waals surface area contributed by atoms with E-state index < -0.39 is 0 Å². The molecular weight excluding hydrogens is 314 g/mol. The molecule has 3 aliphatic rings. The molecule has 1 saturated heterocycles. The van der Waals surface area contributed by atoms with Crippen molar-refractivity contribution in [3.63, 3.8) is 0 Å². The van der Waals surface area contributed by atoms with Gasteiger partial charge in [-0.2, -0.15) is 5.10 Å². The Bertz CT molecular complexity index is 726. The monoisotopic (exact) mass is 339 g/mol. The van der Waals surface area contributed by atoms with Crippen LogP contribution in [0, 0.1) is 11.3 Å². The number of anilines is 1. The third-order valence-electron chi connectivity index (χ3n) is 6.34. The fraction of sp³-hybridized carbons (Fsp3) is 0.550. The number of nitrogens with zero attached hydrogens (tertiary/aromatic N) is 2. The van der Waals surface area contributed by atoms with Gasteiger partial charge in [0.15, 0.2) is 0 Å². The average Bonchev–Trinajstić information content (AvgIpc) is 3.22. The van der Waals surface area contributed by atoms with Crippen molar-refractivity contribution >= 4 is 5.69 Å². The zero-order valence-electron chi connectivity index (χ0n) is 14.4. The molecule has 2 heterocycles. The zero-order chi connectivity index (χ0) is 16.7. The molecule has 0 unspecified atom stereocenters. The van der Waals surface area contributed by atoms with E-state index >= 15 is 0 Å². The van der Waals surface area contributed by atoms with Crippen molar-refractivity contribution in [1.82, 2.24) is 9.78 Å². The highest BCUT2D eigenvalue weighted by atomic mass is 16.5. The summed E-state index contributed by atoms with van der Waals surface area (Å²) in [4.78, 5) is 0. The molecule has 132 valence electrons. The van der Waals surface area contributed by atoms with Crippen LogP contribution < -0.4 is 10.1 Å². The molecule has 2 saturated carbocycles. The first-order chi connectivity index (χ1) is 12.4. The van der Waals surface area contributed by atoms with Gasteiger partial charge >= 0.3 is 0 Å². The number of hydrogen-bond donors (Lipinski definition) is 1. The Labute approximate surface area is 148 Å². The molecular formula is C20H25N3O2. The van der Waals surface area contributed by atoms with Gasteiger partial charge < -0.3 is 14.8 Å². The van der Waals surface area contributed by atoms with Crippen molar-refractivity contribution in [2.45, 2.75) is 44.4 Å². The maximum atomic E-state index is 6.02. The molecule has 1 spiro atoms. The van der Waals surface area contributed by atoms with Crippen LogP contribution in [0.3, 0.4) is 0 Å². The van der Waals surface area contributed by atoms with E-state index in [1.54, 1.807) is 6.20 Å². The third kappa shape index (κ3) is 2.53. The Balaban J connectivity index is 1.22. The number of nitrogens with one attached hydrogen (secondary N) is 1. The van der Waals surface area contributed by atoms with E-state index in [1.165, 1.54) is 31.4 Å². The van der Waals surface area contributed by atoms with Crippen molar-refractivity contribution in [2.75, 3.05) is 18.5 Å². The van der Waals surface area contributed by atoms with Gasteiger partial charge in [0.05, 0.1) is 12.6 Å². The maximum absolute atomic E-state index is 6.02. The summed E-state index contributed by atoms with van der Waals surface area (Å²) < 4.78 is 13.8. The predicted octanol–water partition coefficient (Wildman–Crippen LogP) is 3.33. The highest BCUT2D eigenvalue weighted by Gasteiger charge is 2.66. The normalized spacial score (nSPS) is 28.9. The van der Waals surface area contributed by atoms with E-state index in [9.17, 15) is 0 Å². The lowest BCUT2D eigenvalue weighted by Crippen LogP contribution is -2.68. The maximum Gasteiger partial charge on any atom is 0.121 e. The van der Waals surface area contributed by atoms with Crippen molar-refractivity contribution in [2.24, 2.45) is 11.3 Å². The number of benzene rings is 1. The topological polar surface area (TPSA) is 48.3 Å². The number of ether oxygens (including phenoxy) is 2. The Hall–Kier alpha value is -2.01. The fourth-order valence-corrected chi connectivity index (χ4v) is 5.00. The smallest absolute Gasteiger partial charge is 0.121 e. The van der Waals surface area contributed by atoms with E-state index in [4.69, 9.17) is 9.47 Å². The Kier molecular flexibility index (Phi) is 3.70. The summed E-state index contributed by atoms with van der Waals surface area (Å²) >= 11 is 0.